The summed E-state index contributed by atoms with van der Waals surface area (Å²) in [5.41, 5.74) is 2.68. The molecular weight excluding hydrogens is 546 g/mol. The van der Waals surface area contributed by atoms with E-state index in [9.17, 15) is 23.5 Å². The second-order valence-electron chi connectivity index (χ2n) is 9.70. The largest absolute Gasteiger partial charge is 0.493 e. The molecule has 0 saturated carbocycles. The highest BCUT2D eigenvalue weighted by molar-refractivity contribution is 7.76. The maximum Gasteiger partial charge on any atom is 0.323 e. The van der Waals surface area contributed by atoms with Gasteiger partial charge in [0.05, 0.1) is 18.2 Å². The van der Waals surface area contributed by atoms with Gasteiger partial charge in [0.2, 0.25) is 11.3 Å². The molecule has 0 aromatic heterocycles. The van der Waals surface area contributed by atoms with Gasteiger partial charge in [-0.25, -0.2) is 9.22 Å². The van der Waals surface area contributed by atoms with Crippen LogP contribution < -0.4 is 15.0 Å². The first-order valence-electron chi connectivity index (χ1n) is 13.3. The van der Waals surface area contributed by atoms with Crippen LogP contribution in [0.2, 0.25) is 0 Å². The molecule has 12 heteroatoms. The van der Waals surface area contributed by atoms with Crippen molar-refractivity contribution >= 4 is 28.8 Å². The lowest BCUT2D eigenvalue weighted by Gasteiger charge is -2.42. The molecule has 1 heterocycles. The zero-order valence-electron chi connectivity index (χ0n) is 23.4. The summed E-state index contributed by atoms with van der Waals surface area (Å²) in [5.74, 6) is 4.73. The van der Waals surface area contributed by atoms with E-state index in [1.165, 1.54) is 0 Å². The zero-order chi connectivity index (χ0) is 29.9. The van der Waals surface area contributed by atoms with Gasteiger partial charge in [-0.1, -0.05) is 32.6 Å². The molecular formula is C29H35N5O6S. The van der Waals surface area contributed by atoms with E-state index in [0.717, 1.165) is 22.1 Å². The molecule has 3 rings (SSSR count). The summed E-state index contributed by atoms with van der Waals surface area (Å²) < 4.78 is 28.6. The van der Waals surface area contributed by atoms with Crippen molar-refractivity contribution in [2.45, 2.75) is 33.2 Å². The third kappa shape index (κ3) is 8.52. The van der Waals surface area contributed by atoms with Crippen LogP contribution in [0.1, 0.15) is 48.7 Å². The molecule has 1 aliphatic rings. The van der Waals surface area contributed by atoms with Crippen molar-refractivity contribution in [3.8, 4) is 23.7 Å². The average Bonchev–Trinajstić information content (AvgIpc) is 2.96. The van der Waals surface area contributed by atoms with Crippen LogP contribution in [-0.2, 0) is 16.1 Å². The minimum Gasteiger partial charge on any atom is -0.493 e. The Balaban J connectivity index is 1.69. The summed E-state index contributed by atoms with van der Waals surface area (Å²) in [6, 6.07) is 13.6. The number of nitrogens with one attached hydrogen (secondary N) is 1. The highest BCUT2D eigenvalue weighted by Gasteiger charge is 2.38. The van der Waals surface area contributed by atoms with Crippen LogP contribution in [0.25, 0.3) is 0 Å². The number of hydrazine groups is 1. The van der Waals surface area contributed by atoms with Crippen LogP contribution in [0.15, 0.2) is 42.5 Å². The number of nitrogens with zero attached hydrogens (tertiary/aromatic N) is 4. The van der Waals surface area contributed by atoms with E-state index in [0.29, 0.717) is 49.7 Å². The van der Waals surface area contributed by atoms with Crippen LogP contribution in [0, 0.1) is 29.1 Å². The van der Waals surface area contributed by atoms with Crippen molar-refractivity contribution in [1.29, 1.82) is 5.26 Å². The second kappa shape index (κ2) is 15.2. The van der Waals surface area contributed by atoms with Crippen LogP contribution in [0.4, 0.5) is 5.69 Å². The number of aliphatic carboxylic acids is 1. The molecule has 1 amide bonds. The molecule has 0 radical (unpaired) electrons. The topological polar surface area (TPSA) is 146 Å². The van der Waals surface area contributed by atoms with Gasteiger partial charge in [0.15, 0.2) is 0 Å². The van der Waals surface area contributed by atoms with Gasteiger partial charge in [-0.05, 0) is 54.8 Å². The van der Waals surface area contributed by atoms with Gasteiger partial charge >= 0.3 is 5.97 Å². The van der Waals surface area contributed by atoms with Gasteiger partial charge in [0, 0.05) is 43.0 Å². The zero-order valence-corrected chi connectivity index (χ0v) is 24.2. The van der Waals surface area contributed by atoms with E-state index < -0.39 is 29.2 Å². The number of nitriles is 1. The number of amides is 1. The van der Waals surface area contributed by atoms with Crippen molar-refractivity contribution in [2.75, 3.05) is 44.2 Å². The Morgan fingerprint density at radius 2 is 1.73 bits per heavy atom. The molecule has 1 fully saturated rings. The van der Waals surface area contributed by atoms with Crippen molar-refractivity contribution in [3.05, 3.63) is 59.2 Å². The SMILES string of the molecule is CCCOc1ccc(C#Cc2ccc(N3CCN(N(C(C(=O)O)C(C)C)S(=O)O)CC3)cc2)cc1C(=O)NCC#N. The molecule has 2 atom stereocenters. The second-order valence-corrected chi connectivity index (χ2v) is 10.5. The number of rotatable bonds is 11. The molecule has 2 aromatic rings. The summed E-state index contributed by atoms with van der Waals surface area (Å²) in [4.78, 5) is 26.4. The minimum absolute atomic E-state index is 0.108. The number of anilines is 1. The first-order valence-corrected chi connectivity index (χ1v) is 14.4. The normalized spacial score (nSPS) is 15.0. The van der Waals surface area contributed by atoms with Crippen molar-refractivity contribution in [2.24, 2.45) is 5.92 Å². The first kappa shape index (κ1) is 31.6. The predicted molar refractivity (Wildman–Crippen MR) is 155 cm³/mol. The Hall–Kier alpha value is -3.94. The van der Waals surface area contributed by atoms with Gasteiger partial charge in [-0.2, -0.15) is 5.26 Å². The predicted octanol–water partition coefficient (Wildman–Crippen LogP) is 2.71. The summed E-state index contributed by atoms with van der Waals surface area (Å²) in [6.07, 6.45) is 0.790. The summed E-state index contributed by atoms with van der Waals surface area (Å²) in [5, 5.41) is 22.6. The number of carbonyl (C=O) groups excluding carboxylic acids is 1. The fourth-order valence-electron chi connectivity index (χ4n) is 4.40. The van der Waals surface area contributed by atoms with E-state index in [4.69, 9.17) is 10.00 Å². The smallest absolute Gasteiger partial charge is 0.323 e. The standard InChI is InChI=1S/C29H35N5O6S/c1-4-19-40-26-12-9-23(20-25(26)28(35)31-14-13-30)6-5-22-7-10-24(11-8-22)32-15-17-33(18-16-32)34(41(38)39)27(21(2)3)29(36)37/h7-12,20-21,27H,4,14-19H2,1-3H3,(H,31,35)(H,36,37)(H,38,39). The summed E-state index contributed by atoms with van der Waals surface area (Å²) in [7, 11) is 0. The van der Waals surface area contributed by atoms with E-state index in [2.05, 4.69) is 22.1 Å². The molecule has 3 N–H and O–H groups in total. The van der Waals surface area contributed by atoms with Crippen LogP contribution in [-0.4, -0.2) is 80.5 Å². The number of carbonyl (C=O) groups is 2. The van der Waals surface area contributed by atoms with Gasteiger partial charge in [-0.15, -0.1) is 4.41 Å². The molecule has 1 aliphatic heterocycles. The Morgan fingerprint density at radius 3 is 2.29 bits per heavy atom. The molecule has 0 spiro atoms. The van der Waals surface area contributed by atoms with Crippen molar-refractivity contribution < 1.29 is 28.2 Å². The monoisotopic (exact) mass is 581 g/mol. The van der Waals surface area contributed by atoms with E-state index >= 15 is 0 Å². The Bertz CT molecular complexity index is 1340. The Morgan fingerprint density at radius 1 is 1.10 bits per heavy atom. The fraction of sp³-hybridized carbons (Fsp3) is 0.414. The lowest BCUT2D eigenvalue weighted by atomic mass is 10.1. The fourth-order valence-corrected chi connectivity index (χ4v) is 5.28. The number of benzene rings is 2. The molecule has 2 aromatic carbocycles. The van der Waals surface area contributed by atoms with Gasteiger partial charge in [-0.3, -0.25) is 14.1 Å². The third-order valence-electron chi connectivity index (χ3n) is 6.41. The molecule has 2 unspecified atom stereocenters. The number of ether oxygens (including phenoxy) is 1. The van der Waals surface area contributed by atoms with Crippen LogP contribution >= 0.6 is 0 Å². The highest BCUT2D eigenvalue weighted by atomic mass is 32.2. The highest BCUT2D eigenvalue weighted by Crippen LogP contribution is 2.23. The first-order chi connectivity index (χ1) is 19.7. The number of hydrogen-bond donors (Lipinski definition) is 3. The Labute approximate surface area is 243 Å². The average molecular weight is 582 g/mol. The van der Waals surface area contributed by atoms with Gasteiger partial charge < -0.3 is 20.1 Å². The lowest BCUT2D eigenvalue weighted by Crippen LogP contribution is -2.60. The molecule has 0 aliphatic carbocycles. The van der Waals surface area contributed by atoms with E-state index in [1.807, 2.05) is 37.3 Å². The quantitative estimate of drug-likeness (QED) is 0.207. The van der Waals surface area contributed by atoms with E-state index in [-0.39, 0.29) is 12.5 Å². The number of carboxylic acid groups (broad SMARTS) is 1. The number of carboxylic acids is 1. The minimum atomic E-state index is -2.46. The van der Waals surface area contributed by atoms with Crippen molar-refractivity contribution in [3.63, 3.8) is 0 Å². The Kier molecular flexibility index (Phi) is 11.7. The van der Waals surface area contributed by atoms with Crippen LogP contribution in [0.5, 0.6) is 5.75 Å². The maximum atomic E-state index is 12.5. The van der Waals surface area contributed by atoms with Crippen LogP contribution in [0.3, 0.4) is 0 Å². The van der Waals surface area contributed by atoms with Gasteiger partial charge in [0.25, 0.3) is 5.91 Å². The summed E-state index contributed by atoms with van der Waals surface area (Å²) in [6.45, 7) is 7.64. The maximum absolute atomic E-state index is 12.5. The lowest BCUT2D eigenvalue weighted by molar-refractivity contribution is -0.148. The number of hydrogen-bond acceptors (Lipinski definition) is 7. The molecule has 1 saturated heterocycles. The number of piperazine rings is 1. The molecule has 0 bridgehead atoms. The van der Waals surface area contributed by atoms with E-state index in [1.54, 1.807) is 37.1 Å². The molecule has 11 nitrogen and oxygen atoms in total. The molecule has 218 valence electrons. The molecule has 41 heavy (non-hydrogen) atoms. The third-order valence-corrected chi connectivity index (χ3v) is 7.19. The summed E-state index contributed by atoms with van der Waals surface area (Å²) >= 11 is -2.46. The van der Waals surface area contributed by atoms with Crippen molar-refractivity contribution in [1.82, 2.24) is 14.7 Å². The van der Waals surface area contributed by atoms with Gasteiger partial charge in [0.1, 0.15) is 18.3 Å².